The van der Waals surface area contributed by atoms with E-state index in [-0.39, 0.29) is 11.9 Å². The second-order valence-electron chi connectivity index (χ2n) is 4.07. The standard InChI is InChI=1S/C13H11NO2/c1-8-7-11(15)10-5-4-9-3-2-6-14-12(9)13(10)16-8/h2-6,8H,7H2,1H3. The summed E-state index contributed by atoms with van der Waals surface area (Å²) in [7, 11) is 0. The average Bonchev–Trinajstić information content (AvgIpc) is 2.28. The topological polar surface area (TPSA) is 39.2 Å². The Hall–Kier alpha value is -1.90. The maximum absolute atomic E-state index is 11.8. The van der Waals surface area contributed by atoms with E-state index >= 15 is 0 Å². The van der Waals surface area contributed by atoms with Crippen LogP contribution in [0.2, 0.25) is 0 Å². The Morgan fingerprint density at radius 2 is 2.25 bits per heavy atom. The first kappa shape index (κ1) is 9.33. The minimum atomic E-state index is -0.0624. The Labute approximate surface area is 93.1 Å². The summed E-state index contributed by atoms with van der Waals surface area (Å²) >= 11 is 0. The number of fused-ring (bicyclic) bond motifs is 3. The molecule has 0 spiro atoms. The van der Waals surface area contributed by atoms with Crippen LogP contribution in [0.3, 0.4) is 0 Å². The summed E-state index contributed by atoms with van der Waals surface area (Å²) < 4.78 is 5.73. The lowest BCUT2D eigenvalue weighted by Gasteiger charge is -2.22. The molecule has 0 saturated carbocycles. The Morgan fingerprint density at radius 3 is 3.12 bits per heavy atom. The van der Waals surface area contributed by atoms with Crippen molar-refractivity contribution in [3.05, 3.63) is 36.0 Å². The molecule has 1 aromatic heterocycles. The van der Waals surface area contributed by atoms with Gasteiger partial charge in [-0.3, -0.25) is 9.78 Å². The number of hydrogen-bond acceptors (Lipinski definition) is 3. The molecule has 0 N–H and O–H groups in total. The van der Waals surface area contributed by atoms with Crippen LogP contribution in [-0.2, 0) is 0 Å². The van der Waals surface area contributed by atoms with Crippen molar-refractivity contribution in [3.63, 3.8) is 0 Å². The molecule has 0 radical (unpaired) electrons. The van der Waals surface area contributed by atoms with E-state index in [0.717, 1.165) is 10.9 Å². The molecule has 2 heterocycles. The van der Waals surface area contributed by atoms with Gasteiger partial charge in [-0.05, 0) is 19.1 Å². The molecular weight excluding hydrogens is 202 g/mol. The number of pyridine rings is 1. The fourth-order valence-corrected chi connectivity index (χ4v) is 2.07. The Balaban J connectivity index is 2.33. The molecule has 1 unspecified atom stereocenters. The molecule has 0 saturated heterocycles. The number of Topliss-reactive ketones (excluding diaryl/α,β-unsaturated/α-hetero) is 1. The summed E-state index contributed by atoms with van der Waals surface area (Å²) in [5, 5.41) is 1.00. The van der Waals surface area contributed by atoms with Crippen molar-refractivity contribution in [2.45, 2.75) is 19.4 Å². The average molecular weight is 213 g/mol. The summed E-state index contributed by atoms with van der Waals surface area (Å²) in [6, 6.07) is 7.59. The molecule has 0 bridgehead atoms. The summed E-state index contributed by atoms with van der Waals surface area (Å²) in [6.07, 6.45) is 2.11. The van der Waals surface area contributed by atoms with Crippen molar-refractivity contribution in [2.75, 3.05) is 0 Å². The number of rotatable bonds is 0. The van der Waals surface area contributed by atoms with Gasteiger partial charge in [0.15, 0.2) is 11.5 Å². The van der Waals surface area contributed by atoms with E-state index in [1.165, 1.54) is 0 Å². The van der Waals surface area contributed by atoms with E-state index in [1.807, 2.05) is 31.2 Å². The SMILES string of the molecule is CC1CC(=O)c2ccc3cccnc3c2O1. The number of benzene rings is 1. The zero-order valence-electron chi connectivity index (χ0n) is 8.93. The Bertz CT molecular complexity index is 577. The van der Waals surface area contributed by atoms with Crippen LogP contribution in [0.4, 0.5) is 0 Å². The van der Waals surface area contributed by atoms with Crippen LogP contribution >= 0.6 is 0 Å². The van der Waals surface area contributed by atoms with E-state index in [4.69, 9.17) is 4.74 Å². The second-order valence-corrected chi connectivity index (χ2v) is 4.07. The van der Waals surface area contributed by atoms with Gasteiger partial charge in [0.1, 0.15) is 11.6 Å². The van der Waals surface area contributed by atoms with Crippen LogP contribution < -0.4 is 4.74 Å². The number of ketones is 1. The van der Waals surface area contributed by atoms with Crippen LogP contribution in [0.1, 0.15) is 23.7 Å². The Morgan fingerprint density at radius 1 is 1.38 bits per heavy atom. The number of aromatic nitrogens is 1. The number of hydrogen-bond donors (Lipinski definition) is 0. The zero-order chi connectivity index (χ0) is 11.1. The lowest BCUT2D eigenvalue weighted by atomic mass is 9.99. The van der Waals surface area contributed by atoms with Crippen molar-refractivity contribution in [1.82, 2.24) is 4.98 Å². The monoisotopic (exact) mass is 213 g/mol. The second kappa shape index (κ2) is 3.30. The molecule has 0 aliphatic carbocycles. The van der Waals surface area contributed by atoms with E-state index < -0.39 is 0 Å². The van der Waals surface area contributed by atoms with Crippen LogP contribution in [0.5, 0.6) is 5.75 Å². The minimum absolute atomic E-state index is 0.0624. The highest BCUT2D eigenvalue weighted by molar-refractivity contribution is 6.05. The normalized spacial score (nSPS) is 19.3. The Kier molecular flexibility index (Phi) is 1.93. The molecule has 1 aliphatic heterocycles. The fourth-order valence-electron chi connectivity index (χ4n) is 2.07. The van der Waals surface area contributed by atoms with Gasteiger partial charge in [0.25, 0.3) is 0 Å². The molecule has 3 heteroatoms. The molecule has 1 atom stereocenters. The maximum Gasteiger partial charge on any atom is 0.170 e. The van der Waals surface area contributed by atoms with Gasteiger partial charge in [-0.25, -0.2) is 0 Å². The summed E-state index contributed by atoms with van der Waals surface area (Å²) in [4.78, 5) is 16.1. The minimum Gasteiger partial charge on any atom is -0.487 e. The quantitative estimate of drug-likeness (QED) is 0.675. The third kappa shape index (κ3) is 1.28. The first-order valence-electron chi connectivity index (χ1n) is 5.33. The molecule has 16 heavy (non-hydrogen) atoms. The molecule has 3 nitrogen and oxygen atoms in total. The maximum atomic E-state index is 11.8. The van der Waals surface area contributed by atoms with Gasteiger partial charge in [0.2, 0.25) is 0 Å². The summed E-state index contributed by atoms with van der Waals surface area (Å²) in [5.74, 6) is 0.781. The third-order valence-electron chi connectivity index (χ3n) is 2.82. The lowest BCUT2D eigenvalue weighted by Crippen LogP contribution is -2.24. The van der Waals surface area contributed by atoms with Crippen molar-refractivity contribution in [3.8, 4) is 5.75 Å². The van der Waals surface area contributed by atoms with E-state index in [9.17, 15) is 4.79 Å². The molecular formula is C13H11NO2. The van der Waals surface area contributed by atoms with Gasteiger partial charge < -0.3 is 4.74 Å². The predicted molar refractivity (Wildman–Crippen MR) is 60.8 cm³/mol. The first-order chi connectivity index (χ1) is 7.75. The van der Waals surface area contributed by atoms with E-state index in [0.29, 0.717) is 17.7 Å². The molecule has 1 aromatic carbocycles. The zero-order valence-corrected chi connectivity index (χ0v) is 8.93. The van der Waals surface area contributed by atoms with Gasteiger partial charge in [0.05, 0.1) is 5.56 Å². The number of carbonyl (C=O) groups is 1. The van der Waals surface area contributed by atoms with Crippen LogP contribution in [0.25, 0.3) is 10.9 Å². The first-order valence-corrected chi connectivity index (χ1v) is 5.33. The lowest BCUT2D eigenvalue weighted by molar-refractivity contribution is 0.0873. The molecule has 3 rings (SSSR count). The molecule has 0 amide bonds. The van der Waals surface area contributed by atoms with Crippen LogP contribution in [-0.4, -0.2) is 16.9 Å². The van der Waals surface area contributed by atoms with Crippen LogP contribution in [0.15, 0.2) is 30.5 Å². The fraction of sp³-hybridized carbons (Fsp3) is 0.231. The van der Waals surface area contributed by atoms with Gasteiger partial charge in [-0.2, -0.15) is 0 Å². The van der Waals surface area contributed by atoms with Crippen molar-refractivity contribution in [1.29, 1.82) is 0 Å². The van der Waals surface area contributed by atoms with E-state index in [2.05, 4.69) is 4.98 Å². The van der Waals surface area contributed by atoms with Gasteiger partial charge >= 0.3 is 0 Å². The molecule has 80 valence electrons. The largest absolute Gasteiger partial charge is 0.487 e. The van der Waals surface area contributed by atoms with Crippen molar-refractivity contribution in [2.24, 2.45) is 0 Å². The number of carbonyl (C=O) groups excluding carboxylic acids is 1. The highest BCUT2D eigenvalue weighted by atomic mass is 16.5. The van der Waals surface area contributed by atoms with Gasteiger partial charge in [0, 0.05) is 18.0 Å². The van der Waals surface area contributed by atoms with Crippen LogP contribution in [0, 0.1) is 0 Å². The molecule has 0 fully saturated rings. The predicted octanol–water partition coefficient (Wildman–Crippen LogP) is 2.59. The highest BCUT2D eigenvalue weighted by Gasteiger charge is 2.25. The van der Waals surface area contributed by atoms with Gasteiger partial charge in [-0.15, -0.1) is 0 Å². The summed E-state index contributed by atoms with van der Waals surface area (Å²) in [5.41, 5.74) is 1.43. The number of ether oxygens (including phenoxy) is 1. The molecule has 1 aliphatic rings. The van der Waals surface area contributed by atoms with Crippen molar-refractivity contribution >= 4 is 16.7 Å². The molecule has 2 aromatic rings. The third-order valence-corrected chi connectivity index (χ3v) is 2.82. The smallest absolute Gasteiger partial charge is 0.170 e. The van der Waals surface area contributed by atoms with E-state index in [1.54, 1.807) is 6.20 Å². The van der Waals surface area contributed by atoms with Crippen molar-refractivity contribution < 1.29 is 9.53 Å². The number of nitrogens with zero attached hydrogens (tertiary/aromatic N) is 1. The summed E-state index contributed by atoms with van der Waals surface area (Å²) in [6.45, 7) is 1.91. The highest BCUT2D eigenvalue weighted by Crippen LogP contribution is 2.33. The van der Waals surface area contributed by atoms with Gasteiger partial charge in [-0.1, -0.05) is 12.1 Å².